The van der Waals surface area contributed by atoms with Gasteiger partial charge in [-0.2, -0.15) is 5.10 Å². The lowest BCUT2D eigenvalue weighted by Gasteiger charge is -2.11. The van der Waals surface area contributed by atoms with Crippen molar-refractivity contribution in [1.29, 1.82) is 0 Å². The molecule has 0 bridgehead atoms. The Morgan fingerprint density at radius 2 is 1.91 bits per heavy atom. The van der Waals surface area contributed by atoms with Crippen LogP contribution in [0.5, 0.6) is 0 Å². The molecule has 6 nitrogen and oxygen atoms in total. The maximum Gasteiger partial charge on any atom is 0.169 e. The quantitative estimate of drug-likeness (QED) is 0.375. The molecule has 1 unspecified atom stereocenters. The summed E-state index contributed by atoms with van der Waals surface area (Å²) in [4.78, 5) is 21.2. The fourth-order valence-corrected chi connectivity index (χ4v) is 4.75. The van der Waals surface area contributed by atoms with Crippen LogP contribution in [0.1, 0.15) is 29.6 Å². The number of hydrogen-bond acceptors (Lipinski definition) is 4. The van der Waals surface area contributed by atoms with E-state index in [0.29, 0.717) is 12.2 Å². The highest BCUT2D eigenvalue weighted by atomic mass is 16.5. The molecule has 1 aromatic carbocycles. The molecule has 5 heterocycles. The van der Waals surface area contributed by atoms with Gasteiger partial charge in [0.1, 0.15) is 5.65 Å². The summed E-state index contributed by atoms with van der Waals surface area (Å²) in [5.74, 6) is 0.162. The topological polar surface area (TPSA) is 72.3 Å². The molecule has 6 rings (SSSR count). The fourth-order valence-electron chi connectivity index (χ4n) is 4.75. The number of aromatic amines is 1. The second kappa shape index (κ2) is 8.30. The third kappa shape index (κ3) is 3.62. The summed E-state index contributed by atoms with van der Waals surface area (Å²) >= 11 is 0. The van der Waals surface area contributed by atoms with Crippen molar-refractivity contribution in [1.82, 2.24) is 19.6 Å². The van der Waals surface area contributed by atoms with Crippen LogP contribution in [0.2, 0.25) is 0 Å². The first kappa shape index (κ1) is 19.9. The fraction of sp³-hybridized carbons (Fsp3) is 0.222. The van der Waals surface area contributed by atoms with Gasteiger partial charge in [0.05, 0.1) is 17.3 Å². The average Bonchev–Trinajstić information content (AvgIpc) is 3.38. The average molecular weight is 437 g/mol. The standard InChI is InChI=1S/C27H24N4O2/c32-26(19-7-4-11-33-12-9-19)24-17-30-31-10-8-20(14-25(24)31)23-16-29-27-22(23)13-21(15-28-27)18-5-2-1-3-6-18/h1-3,5-6,8,10,13-17,19H,4,7,9,11-12H2,(H,28,29). The molecule has 0 amide bonds. The minimum absolute atomic E-state index is 0.00474. The van der Waals surface area contributed by atoms with Gasteiger partial charge in [0.25, 0.3) is 0 Å². The van der Waals surface area contributed by atoms with Gasteiger partial charge in [-0.05, 0) is 48.6 Å². The Labute approximate surface area is 191 Å². The van der Waals surface area contributed by atoms with Crippen LogP contribution in [0, 0.1) is 5.92 Å². The minimum atomic E-state index is -0.00474. The van der Waals surface area contributed by atoms with E-state index in [1.807, 2.05) is 42.9 Å². The summed E-state index contributed by atoms with van der Waals surface area (Å²) in [7, 11) is 0. The van der Waals surface area contributed by atoms with Crippen LogP contribution < -0.4 is 0 Å². The number of hydrogen-bond donors (Lipinski definition) is 1. The van der Waals surface area contributed by atoms with E-state index in [2.05, 4.69) is 39.3 Å². The van der Waals surface area contributed by atoms with Gasteiger partial charge < -0.3 is 9.72 Å². The largest absolute Gasteiger partial charge is 0.381 e. The molecule has 4 aromatic heterocycles. The van der Waals surface area contributed by atoms with Gasteiger partial charge in [-0.15, -0.1) is 0 Å². The van der Waals surface area contributed by atoms with Crippen LogP contribution in [0.15, 0.2) is 73.3 Å². The van der Waals surface area contributed by atoms with Crippen molar-refractivity contribution in [3.8, 4) is 22.3 Å². The minimum Gasteiger partial charge on any atom is -0.381 e. The molecule has 5 aromatic rings. The van der Waals surface area contributed by atoms with E-state index in [-0.39, 0.29) is 11.7 Å². The number of H-pyrrole nitrogens is 1. The molecule has 1 N–H and O–H groups in total. The number of carbonyl (C=O) groups excluding carboxylic acids is 1. The van der Waals surface area contributed by atoms with Gasteiger partial charge in [0.2, 0.25) is 0 Å². The Kier molecular flexibility index (Phi) is 5.00. The number of nitrogens with zero attached hydrogens (tertiary/aromatic N) is 3. The first-order chi connectivity index (χ1) is 16.3. The number of ketones is 1. The lowest BCUT2D eigenvalue weighted by atomic mass is 9.91. The van der Waals surface area contributed by atoms with Crippen molar-refractivity contribution >= 4 is 22.3 Å². The molecule has 0 spiro atoms. The molecule has 33 heavy (non-hydrogen) atoms. The second-order valence-electron chi connectivity index (χ2n) is 8.60. The molecule has 0 aliphatic carbocycles. The van der Waals surface area contributed by atoms with E-state index >= 15 is 0 Å². The number of ether oxygens (including phenoxy) is 1. The summed E-state index contributed by atoms with van der Waals surface area (Å²) in [6.45, 7) is 1.38. The SMILES string of the molecule is O=C(c1cnn2ccc(-c3c[nH]c4ncc(-c5ccccc5)cc34)cc12)C1CCCOCC1. The molecule has 164 valence electrons. The third-order valence-corrected chi connectivity index (χ3v) is 6.56. The summed E-state index contributed by atoms with van der Waals surface area (Å²) in [5.41, 5.74) is 6.65. The van der Waals surface area contributed by atoms with E-state index in [9.17, 15) is 4.79 Å². The summed E-state index contributed by atoms with van der Waals surface area (Å²) < 4.78 is 7.33. The maximum absolute atomic E-state index is 13.3. The van der Waals surface area contributed by atoms with Crippen molar-refractivity contribution in [3.05, 3.63) is 78.9 Å². The van der Waals surface area contributed by atoms with Crippen LogP contribution in [0.25, 0.3) is 38.8 Å². The number of carbonyl (C=O) groups is 1. The van der Waals surface area contributed by atoms with Gasteiger partial charge >= 0.3 is 0 Å². The Bertz CT molecular complexity index is 1440. The molecule has 1 aliphatic rings. The smallest absolute Gasteiger partial charge is 0.169 e. The lowest BCUT2D eigenvalue weighted by molar-refractivity contribution is 0.0895. The van der Waals surface area contributed by atoms with Crippen molar-refractivity contribution < 1.29 is 9.53 Å². The van der Waals surface area contributed by atoms with Crippen molar-refractivity contribution in [3.63, 3.8) is 0 Å². The van der Waals surface area contributed by atoms with E-state index in [1.165, 1.54) is 0 Å². The van der Waals surface area contributed by atoms with Crippen molar-refractivity contribution in [2.45, 2.75) is 19.3 Å². The molecule has 0 saturated carbocycles. The molecule has 1 aliphatic heterocycles. The Morgan fingerprint density at radius 1 is 1.00 bits per heavy atom. The first-order valence-electron chi connectivity index (χ1n) is 11.4. The molecular formula is C27H24N4O2. The molecule has 0 radical (unpaired) electrons. The van der Waals surface area contributed by atoms with Gasteiger partial charge in [-0.1, -0.05) is 30.3 Å². The summed E-state index contributed by atoms with van der Waals surface area (Å²) in [6.07, 6.45) is 10.1. The van der Waals surface area contributed by atoms with Gasteiger partial charge in [0.15, 0.2) is 5.78 Å². The Morgan fingerprint density at radius 3 is 2.82 bits per heavy atom. The zero-order valence-corrected chi connectivity index (χ0v) is 18.2. The van der Waals surface area contributed by atoms with Crippen LogP contribution in [0.4, 0.5) is 0 Å². The number of Topliss-reactive ketones (excluding diaryl/α,β-unsaturated/α-hetero) is 1. The van der Waals surface area contributed by atoms with Crippen LogP contribution in [-0.4, -0.2) is 38.6 Å². The number of aromatic nitrogens is 4. The van der Waals surface area contributed by atoms with Crippen LogP contribution >= 0.6 is 0 Å². The number of pyridine rings is 2. The van der Waals surface area contributed by atoms with Gasteiger partial charge in [-0.25, -0.2) is 9.50 Å². The monoisotopic (exact) mass is 436 g/mol. The first-order valence-corrected chi connectivity index (χ1v) is 11.4. The van der Waals surface area contributed by atoms with Crippen LogP contribution in [-0.2, 0) is 4.74 Å². The highest BCUT2D eigenvalue weighted by Crippen LogP contribution is 2.32. The van der Waals surface area contributed by atoms with Crippen LogP contribution in [0.3, 0.4) is 0 Å². The highest BCUT2D eigenvalue weighted by molar-refractivity contribution is 6.04. The van der Waals surface area contributed by atoms with E-state index in [4.69, 9.17) is 4.74 Å². The van der Waals surface area contributed by atoms with E-state index < -0.39 is 0 Å². The zero-order valence-electron chi connectivity index (χ0n) is 18.2. The summed E-state index contributed by atoms with van der Waals surface area (Å²) in [5, 5.41) is 5.49. The van der Waals surface area contributed by atoms with E-state index in [0.717, 1.165) is 64.7 Å². The molecule has 1 fully saturated rings. The highest BCUT2D eigenvalue weighted by Gasteiger charge is 2.24. The lowest BCUT2D eigenvalue weighted by Crippen LogP contribution is -2.15. The normalized spacial score (nSPS) is 16.8. The molecule has 1 saturated heterocycles. The van der Waals surface area contributed by atoms with Crippen molar-refractivity contribution in [2.75, 3.05) is 13.2 Å². The molecule has 6 heteroatoms. The Balaban J connectivity index is 1.42. The predicted molar refractivity (Wildman–Crippen MR) is 128 cm³/mol. The number of nitrogens with one attached hydrogen (secondary N) is 1. The maximum atomic E-state index is 13.3. The number of fused-ring (bicyclic) bond motifs is 2. The second-order valence-corrected chi connectivity index (χ2v) is 8.60. The van der Waals surface area contributed by atoms with E-state index in [1.54, 1.807) is 10.7 Å². The van der Waals surface area contributed by atoms with Gasteiger partial charge in [-0.3, -0.25) is 4.79 Å². The predicted octanol–water partition coefficient (Wildman–Crippen LogP) is 5.54. The molecular weight excluding hydrogens is 412 g/mol. The number of benzene rings is 1. The number of rotatable bonds is 4. The third-order valence-electron chi connectivity index (χ3n) is 6.56. The van der Waals surface area contributed by atoms with Gasteiger partial charge in [0, 0.05) is 54.2 Å². The molecule has 1 atom stereocenters. The van der Waals surface area contributed by atoms with Crippen molar-refractivity contribution in [2.24, 2.45) is 5.92 Å². The summed E-state index contributed by atoms with van der Waals surface area (Å²) in [6, 6.07) is 16.5. The zero-order chi connectivity index (χ0) is 22.2. The Hall–Kier alpha value is -3.77.